The van der Waals surface area contributed by atoms with Gasteiger partial charge < -0.3 is 5.32 Å². The molecular formula is C16H20FNS. The standard InChI is InChI=1S/C16H20FNS/c1-4-9-18-15(13-5-7-14(17)8-6-13)16-11(2)10-12(3)19-16/h5-8,10,15,18H,4,9H2,1-3H3. The van der Waals surface area contributed by atoms with Crippen LogP contribution in [-0.2, 0) is 0 Å². The molecule has 3 heteroatoms. The minimum absolute atomic E-state index is 0.166. The molecule has 1 nitrogen and oxygen atoms in total. The molecule has 0 aliphatic carbocycles. The van der Waals surface area contributed by atoms with Gasteiger partial charge in [-0.15, -0.1) is 11.3 Å². The van der Waals surface area contributed by atoms with E-state index in [1.165, 1.54) is 27.5 Å². The smallest absolute Gasteiger partial charge is 0.123 e. The molecule has 0 aliphatic heterocycles. The topological polar surface area (TPSA) is 12.0 Å². The van der Waals surface area contributed by atoms with Crippen LogP contribution in [0.5, 0.6) is 0 Å². The minimum Gasteiger partial charge on any atom is -0.306 e. The molecule has 102 valence electrons. The van der Waals surface area contributed by atoms with Crippen molar-refractivity contribution in [2.75, 3.05) is 6.54 Å². The maximum atomic E-state index is 13.1. The van der Waals surface area contributed by atoms with Gasteiger partial charge in [-0.3, -0.25) is 0 Å². The van der Waals surface area contributed by atoms with Gasteiger partial charge in [0.05, 0.1) is 6.04 Å². The van der Waals surface area contributed by atoms with Gasteiger partial charge in [-0.1, -0.05) is 19.1 Å². The van der Waals surface area contributed by atoms with Gasteiger partial charge in [0, 0.05) is 9.75 Å². The van der Waals surface area contributed by atoms with Crippen molar-refractivity contribution in [3.05, 3.63) is 57.0 Å². The fourth-order valence-corrected chi connectivity index (χ4v) is 3.39. The zero-order valence-electron chi connectivity index (χ0n) is 11.7. The number of hydrogen-bond acceptors (Lipinski definition) is 2. The van der Waals surface area contributed by atoms with Crippen LogP contribution >= 0.6 is 11.3 Å². The maximum Gasteiger partial charge on any atom is 0.123 e. The quantitative estimate of drug-likeness (QED) is 0.842. The van der Waals surface area contributed by atoms with Crippen LogP contribution in [0.25, 0.3) is 0 Å². The van der Waals surface area contributed by atoms with E-state index in [1.54, 1.807) is 0 Å². The largest absolute Gasteiger partial charge is 0.306 e. The fourth-order valence-electron chi connectivity index (χ4n) is 2.25. The molecule has 19 heavy (non-hydrogen) atoms. The number of rotatable bonds is 5. The van der Waals surface area contributed by atoms with Gasteiger partial charge in [0.1, 0.15) is 5.82 Å². The molecule has 2 rings (SSSR count). The molecule has 1 N–H and O–H groups in total. The highest BCUT2D eigenvalue weighted by Gasteiger charge is 2.17. The second-order valence-electron chi connectivity index (χ2n) is 4.84. The van der Waals surface area contributed by atoms with Gasteiger partial charge in [-0.2, -0.15) is 0 Å². The van der Waals surface area contributed by atoms with E-state index >= 15 is 0 Å². The first kappa shape index (κ1) is 14.2. The van der Waals surface area contributed by atoms with Crippen molar-refractivity contribution < 1.29 is 4.39 Å². The molecule has 1 heterocycles. The molecule has 0 bridgehead atoms. The van der Waals surface area contributed by atoms with E-state index in [2.05, 4.69) is 32.2 Å². The molecule has 0 amide bonds. The Balaban J connectivity index is 2.35. The van der Waals surface area contributed by atoms with E-state index in [0.29, 0.717) is 0 Å². The summed E-state index contributed by atoms with van der Waals surface area (Å²) in [5.41, 5.74) is 2.43. The number of benzene rings is 1. The van der Waals surface area contributed by atoms with Crippen LogP contribution in [0.1, 0.15) is 40.3 Å². The Morgan fingerprint density at radius 3 is 2.42 bits per heavy atom. The molecule has 1 aromatic carbocycles. The zero-order valence-corrected chi connectivity index (χ0v) is 12.5. The molecule has 2 aromatic rings. The molecule has 1 atom stereocenters. The average molecular weight is 277 g/mol. The lowest BCUT2D eigenvalue weighted by Gasteiger charge is -2.19. The van der Waals surface area contributed by atoms with Gasteiger partial charge >= 0.3 is 0 Å². The van der Waals surface area contributed by atoms with Crippen molar-refractivity contribution in [1.29, 1.82) is 0 Å². The summed E-state index contributed by atoms with van der Waals surface area (Å²) < 4.78 is 13.1. The summed E-state index contributed by atoms with van der Waals surface area (Å²) in [6.45, 7) is 7.38. The lowest BCUT2D eigenvalue weighted by molar-refractivity contribution is 0.597. The van der Waals surface area contributed by atoms with Crippen LogP contribution in [0.4, 0.5) is 4.39 Å². The number of halogens is 1. The van der Waals surface area contributed by atoms with Crippen LogP contribution in [0.2, 0.25) is 0 Å². The number of hydrogen-bond donors (Lipinski definition) is 1. The fraction of sp³-hybridized carbons (Fsp3) is 0.375. The molecule has 0 saturated carbocycles. The second kappa shape index (κ2) is 6.31. The number of nitrogens with one attached hydrogen (secondary N) is 1. The van der Waals surface area contributed by atoms with E-state index in [0.717, 1.165) is 18.5 Å². The third-order valence-electron chi connectivity index (χ3n) is 3.14. The van der Waals surface area contributed by atoms with E-state index in [9.17, 15) is 4.39 Å². The molecule has 0 aliphatic rings. The molecule has 1 unspecified atom stereocenters. The van der Waals surface area contributed by atoms with Crippen molar-refractivity contribution in [1.82, 2.24) is 5.32 Å². The predicted octanol–water partition coefficient (Wildman–Crippen LogP) is 4.59. The Morgan fingerprint density at radius 1 is 1.21 bits per heavy atom. The third-order valence-corrected chi connectivity index (χ3v) is 4.36. The Kier molecular flexibility index (Phi) is 4.72. The van der Waals surface area contributed by atoms with Crippen molar-refractivity contribution in [3.63, 3.8) is 0 Å². The molecular weight excluding hydrogens is 257 g/mol. The van der Waals surface area contributed by atoms with Crippen molar-refractivity contribution in [3.8, 4) is 0 Å². The minimum atomic E-state index is -0.183. The summed E-state index contributed by atoms with van der Waals surface area (Å²) in [5, 5.41) is 3.56. The number of aryl methyl sites for hydroxylation is 2. The zero-order chi connectivity index (χ0) is 13.8. The van der Waals surface area contributed by atoms with Crippen LogP contribution in [-0.4, -0.2) is 6.54 Å². The van der Waals surface area contributed by atoms with Crippen LogP contribution in [0.3, 0.4) is 0 Å². The summed E-state index contributed by atoms with van der Waals surface area (Å²) >= 11 is 1.82. The predicted molar refractivity (Wildman–Crippen MR) is 80.3 cm³/mol. The van der Waals surface area contributed by atoms with Crippen molar-refractivity contribution in [2.24, 2.45) is 0 Å². The second-order valence-corrected chi connectivity index (χ2v) is 6.13. The van der Waals surface area contributed by atoms with Gasteiger partial charge in [-0.25, -0.2) is 4.39 Å². The lowest BCUT2D eigenvalue weighted by Crippen LogP contribution is -2.22. The Bertz CT molecular complexity index is 530. The molecule has 0 radical (unpaired) electrons. The highest BCUT2D eigenvalue weighted by atomic mass is 32.1. The summed E-state index contributed by atoms with van der Waals surface area (Å²) in [4.78, 5) is 2.65. The van der Waals surface area contributed by atoms with E-state index in [1.807, 2.05) is 23.5 Å². The number of thiophene rings is 1. The van der Waals surface area contributed by atoms with Crippen LogP contribution in [0, 0.1) is 19.7 Å². The van der Waals surface area contributed by atoms with E-state index in [4.69, 9.17) is 0 Å². The SMILES string of the molecule is CCCNC(c1ccc(F)cc1)c1sc(C)cc1C. The molecule has 1 aromatic heterocycles. The summed E-state index contributed by atoms with van der Waals surface area (Å²) in [5.74, 6) is -0.183. The van der Waals surface area contributed by atoms with Crippen molar-refractivity contribution >= 4 is 11.3 Å². The highest BCUT2D eigenvalue weighted by molar-refractivity contribution is 7.12. The summed E-state index contributed by atoms with van der Waals surface area (Å²) in [6.07, 6.45) is 1.08. The van der Waals surface area contributed by atoms with E-state index < -0.39 is 0 Å². The van der Waals surface area contributed by atoms with Gasteiger partial charge in [-0.05, 0) is 56.1 Å². The summed E-state index contributed by atoms with van der Waals surface area (Å²) in [7, 11) is 0. The maximum absolute atomic E-state index is 13.1. The van der Waals surface area contributed by atoms with Gasteiger partial charge in [0.15, 0.2) is 0 Å². The molecule has 0 saturated heterocycles. The van der Waals surface area contributed by atoms with Gasteiger partial charge in [0.2, 0.25) is 0 Å². The average Bonchev–Trinajstić information content (AvgIpc) is 2.71. The summed E-state index contributed by atoms with van der Waals surface area (Å²) in [6, 6.07) is 9.19. The first-order valence-corrected chi connectivity index (χ1v) is 7.49. The van der Waals surface area contributed by atoms with Gasteiger partial charge in [0.25, 0.3) is 0 Å². The Labute approximate surface area is 118 Å². The lowest BCUT2D eigenvalue weighted by atomic mass is 10.0. The first-order chi connectivity index (χ1) is 9.11. The Hall–Kier alpha value is -1.19. The van der Waals surface area contributed by atoms with Crippen LogP contribution in [0.15, 0.2) is 30.3 Å². The first-order valence-electron chi connectivity index (χ1n) is 6.67. The monoisotopic (exact) mass is 277 g/mol. The van der Waals surface area contributed by atoms with Crippen LogP contribution < -0.4 is 5.32 Å². The normalized spacial score (nSPS) is 12.6. The highest BCUT2D eigenvalue weighted by Crippen LogP contribution is 2.32. The Morgan fingerprint density at radius 2 is 1.89 bits per heavy atom. The van der Waals surface area contributed by atoms with Crippen molar-refractivity contribution in [2.45, 2.75) is 33.2 Å². The molecule has 0 spiro atoms. The van der Waals surface area contributed by atoms with E-state index in [-0.39, 0.29) is 11.9 Å². The third kappa shape index (κ3) is 3.43. The molecule has 0 fully saturated rings.